The molecule has 3 nitrogen and oxygen atoms in total. The second-order valence-electron chi connectivity index (χ2n) is 5.10. The molecule has 2 aromatic carbocycles. The van der Waals surface area contributed by atoms with Crippen LogP contribution in [0.3, 0.4) is 0 Å². The Morgan fingerprint density at radius 1 is 1.13 bits per heavy atom. The van der Waals surface area contributed by atoms with E-state index in [4.69, 9.17) is 5.26 Å². The minimum atomic E-state index is -0.237. The summed E-state index contributed by atoms with van der Waals surface area (Å²) < 4.78 is 13.0. The third-order valence-electron chi connectivity index (χ3n) is 3.57. The van der Waals surface area contributed by atoms with Crippen LogP contribution in [0.1, 0.15) is 22.4 Å². The van der Waals surface area contributed by atoms with Gasteiger partial charge in [-0.25, -0.2) is 9.37 Å². The highest BCUT2D eigenvalue weighted by atomic mass is 19.1. The summed E-state index contributed by atoms with van der Waals surface area (Å²) in [7, 11) is 0. The Labute approximate surface area is 133 Å². The molecule has 0 radical (unpaired) electrons. The number of hydrogen-bond donors (Lipinski definition) is 1. The number of halogens is 1. The molecule has 0 unspecified atom stereocenters. The highest BCUT2D eigenvalue weighted by Crippen LogP contribution is 2.23. The van der Waals surface area contributed by atoms with E-state index in [1.54, 1.807) is 36.8 Å². The number of hydrogen-bond acceptors (Lipinski definition) is 2. The van der Waals surface area contributed by atoms with Crippen LogP contribution in [0.25, 0.3) is 5.57 Å². The first-order valence-electron chi connectivity index (χ1n) is 7.20. The number of benzene rings is 2. The number of rotatable bonds is 4. The van der Waals surface area contributed by atoms with E-state index in [1.165, 1.54) is 12.1 Å². The summed E-state index contributed by atoms with van der Waals surface area (Å²) in [6.45, 7) is 0. The summed E-state index contributed by atoms with van der Waals surface area (Å²) in [4.78, 5) is 7.18. The van der Waals surface area contributed by atoms with Gasteiger partial charge in [-0.05, 0) is 41.8 Å². The normalized spacial score (nSPS) is 11.2. The summed E-state index contributed by atoms with van der Waals surface area (Å²) in [5.41, 5.74) is 4.54. The Kier molecular flexibility index (Phi) is 4.30. The molecule has 1 N–H and O–H groups in total. The molecule has 3 aromatic rings. The molecule has 0 saturated carbocycles. The van der Waals surface area contributed by atoms with Gasteiger partial charge in [0.15, 0.2) is 0 Å². The molecular weight excluding hydrogens is 289 g/mol. The van der Waals surface area contributed by atoms with E-state index in [0.29, 0.717) is 12.0 Å². The fourth-order valence-corrected chi connectivity index (χ4v) is 2.35. The first kappa shape index (κ1) is 14.7. The Bertz CT molecular complexity index is 839. The van der Waals surface area contributed by atoms with E-state index in [9.17, 15) is 4.39 Å². The van der Waals surface area contributed by atoms with Crippen LogP contribution >= 0.6 is 0 Å². The van der Waals surface area contributed by atoms with Gasteiger partial charge in [0.1, 0.15) is 5.82 Å². The monoisotopic (exact) mass is 303 g/mol. The maximum absolute atomic E-state index is 13.0. The molecule has 4 heteroatoms. The van der Waals surface area contributed by atoms with Gasteiger partial charge >= 0.3 is 0 Å². The molecular formula is C19H14FN3. The van der Waals surface area contributed by atoms with Crippen LogP contribution in [0.5, 0.6) is 0 Å². The van der Waals surface area contributed by atoms with Crippen LogP contribution in [0.2, 0.25) is 0 Å². The zero-order chi connectivity index (χ0) is 16.1. The van der Waals surface area contributed by atoms with Crippen LogP contribution < -0.4 is 0 Å². The Morgan fingerprint density at radius 2 is 1.87 bits per heavy atom. The molecule has 0 amide bonds. The van der Waals surface area contributed by atoms with Crippen molar-refractivity contribution in [1.82, 2.24) is 9.97 Å². The van der Waals surface area contributed by atoms with E-state index in [2.05, 4.69) is 22.1 Å². The van der Waals surface area contributed by atoms with Crippen LogP contribution in [0, 0.1) is 17.1 Å². The second-order valence-corrected chi connectivity index (χ2v) is 5.10. The molecule has 0 aliphatic carbocycles. The number of aromatic nitrogens is 2. The minimum Gasteiger partial charge on any atom is -0.345 e. The summed E-state index contributed by atoms with van der Waals surface area (Å²) in [5, 5.41) is 8.91. The van der Waals surface area contributed by atoms with Gasteiger partial charge in [0.2, 0.25) is 0 Å². The standard InChI is InChI=1S/C19H14FN3/c20-17-8-3-14(4-9-17)5-10-18(19-12-22-13-23-19)16-6-1-15(11-21)2-7-16/h1-4,6-10,12-13H,5H2,(H,22,23). The lowest BCUT2D eigenvalue weighted by molar-refractivity contribution is 0.627. The largest absolute Gasteiger partial charge is 0.345 e. The van der Waals surface area contributed by atoms with Gasteiger partial charge in [0, 0.05) is 5.57 Å². The van der Waals surface area contributed by atoms with Crippen molar-refractivity contribution < 1.29 is 4.39 Å². The van der Waals surface area contributed by atoms with Gasteiger partial charge in [0.25, 0.3) is 0 Å². The number of aromatic amines is 1. The van der Waals surface area contributed by atoms with Gasteiger partial charge in [-0.2, -0.15) is 5.26 Å². The SMILES string of the molecule is N#Cc1ccc(C(=CCc2ccc(F)cc2)c2cnc[nH]2)cc1. The minimum absolute atomic E-state index is 0.237. The number of allylic oxidation sites excluding steroid dienone is 1. The lowest BCUT2D eigenvalue weighted by Crippen LogP contribution is -1.91. The van der Waals surface area contributed by atoms with Crippen molar-refractivity contribution in [3.05, 3.63) is 95.3 Å². The predicted molar refractivity (Wildman–Crippen MR) is 86.9 cm³/mol. The molecule has 0 spiro atoms. The zero-order valence-corrected chi connectivity index (χ0v) is 12.3. The van der Waals surface area contributed by atoms with Gasteiger partial charge in [-0.1, -0.05) is 30.3 Å². The molecule has 3 rings (SSSR count). The van der Waals surface area contributed by atoms with Crippen molar-refractivity contribution in [1.29, 1.82) is 5.26 Å². The molecule has 0 atom stereocenters. The number of imidazole rings is 1. The van der Waals surface area contributed by atoms with E-state index < -0.39 is 0 Å². The molecule has 1 aromatic heterocycles. The lowest BCUT2D eigenvalue weighted by atomic mass is 9.99. The van der Waals surface area contributed by atoms with Crippen molar-refractivity contribution >= 4 is 5.57 Å². The smallest absolute Gasteiger partial charge is 0.123 e. The van der Waals surface area contributed by atoms with Crippen molar-refractivity contribution in [3.8, 4) is 6.07 Å². The summed E-state index contributed by atoms with van der Waals surface area (Å²) in [6, 6.07) is 16.0. The molecule has 1 heterocycles. The van der Waals surface area contributed by atoms with Crippen molar-refractivity contribution in [2.45, 2.75) is 6.42 Å². The average Bonchev–Trinajstić information content (AvgIpc) is 3.12. The van der Waals surface area contributed by atoms with Gasteiger partial charge in [0.05, 0.1) is 29.9 Å². The van der Waals surface area contributed by atoms with Gasteiger partial charge in [-0.3, -0.25) is 0 Å². The Hall–Kier alpha value is -3.19. The number of nitrogens with one attached hydrogen (secondary N) is 1. The predicted octanol–water partition coefficient (Wildman–Crippen LogP) is 4.09. The molecule has 112 valence electrons. The summed E-state index contributed by atoms with van der Waals surface area (Å²) >= 11 is 0. The van der Waals surface area contributed by atoms with Crippen LogP contribution in [0.15, 0.2) is 67.1 Å². The third-order valence-corrected chi connectivity index (χ3v) is 3.57. The van der Waals surface area contributed by atoms with Crippen LogP contribution in [-0.2, 0) is 6.42 Å². The second kappa shape index (κ2) is 6.71. The fraction of sp³-hybridized carbons (Fsp3) is 0.0526. The fourth-order valence-electron chi connectivity index (χ4n) is 2.35. The molecule has 0 saturated heterocycles. The quantitative estimate of drug-likeness (QED) is 0.789. The third kappa shape index (κ3) is 3.53. The van der Waals surface area contributed by atoms with Crippen molar-refractivity contribution in [2.24, 2.45) is 0 Å². The average molecular weight is 303 g/mol. The van der Waals surface area contributed by atoms with E-state index in [0.717, 1.165) is 22.4 Å². The maximum Gasteiger partial charge on any atom is 0.123 e. The zero-order valence-electron chi connectivity index (χ0n) is 12.3. The molecule has 23 heavy (non-hydrogen) atoms. The van der Waals surface area contributed by atoms with E-state index >= 15 is 0 Å². The highest BCUT2D eigenvalue weighted by Gasteiger charge is 2.07. The van der Waals surface area contributed by atoms with Crippen molar-refractivity contribution in [3.63, 3.8) is 0 Å². The Morgan fingerprint density at radius 3 is 2.48 bits per heavy atom. The molecule has 0 fully saturated rings. The first-order chi connectivity index (χ1) is 11.3. The molecule has 0 aliphatic rings. The number of nitrogens with zero attached hydrogens (tertiary/aromatic N) is 2. The Balaban J connectivity index is 1.93. The van der Waals surface area contributed by atoms with Crippen molar-refractivity contribution in [2.75, 3.05) is 0 Å². The number of nitriles is 1. The first-order valence-corrected chi connectivity index (χ1v) is 7.20. The molecule has 0 bridgehead atoms. The van der Waals surface area contributed by atoms with Gasteiger partial charge < -0.3 is 4.98 Å². The maximum atomic E-state index is 13.0. The van der Waals surface area contributed by atoms with Crippen LogP contribution in [-0.4, -0.2) is 9.97 Å². The van der Waals surface area contributed by atoms with Crippen LogP contribution in [0.4, 0.5) is 4.39 Å². The van der Waals surface area contributed by atoms with E-state index in [1.807, 2.05) is 12.1 Å². The highest BCUT2D eigenvalue weighted by molar-refractivity contribution is 5.78. The van der Waals surface area contributed by atoms with Gasteiger partial charge in [-0.15, -0.1) is 0 Å². The summed E-state index contributed by atoms with van der Waals surface area (Å²) in [5.74, 6) is -0.237. The topological polar surface area (TPSA) is 52.5 Å². The van der Waals surface area contributed by atoms with E-state index in [-0.39, 0.29) is 5.82 Å². The summed E-state index contributed by atoms with van der Waals surface area (Å²) in [6.07, 6.45) is 6.14. The lowest BCUT2D eigenvalue weighted by Gasteiger charge is -2.07. The number of H-pyrrole nitrogens is 1. The molecule has 0 aliphatic heterocycles.